The maximum Gasteiger partial charge on any atom is 0.120 e. The summed E-state index contributed by atoms with van der Waals surface area (Å²) in [6.45, 7) is 2.73. The standard InChI is InChI=1S/C33H32NO.C17H20N.Ir/c1-21-18-24(23-14-16-33(3,4)17-15-23)12-13-25(21)29-19-30(34-20-22(29)2)28-10-7-9-27-26-8-5-6-11-31(26)35-32(27)28;1-13-5-8-15(9-6-13)16-10-7-14(12-18-16)11-17(2,3)4;/h5-9,11-13,18-20,23H,14-17H2,1-4H3;5-8,10,12H,11H2,1-4H3;/q2*-1;/i1D3,2D3,23D;1D3,11D2;. The summed E-state index contributed by atoms with van der Waals surface area (Å²) in [4.78, 5) is 8.82. The third kappa shape index (κ3) is 8.94. The zero-order valence-corrected chi connectivity index (χ0v) is 33.7. The largest absolute Gasteiger partial charge is 0.501 e. The minimum Gasteiger partial charge on any atom is -0.501 e. The van der Waals surface area contributed by atoms with Crippen LogP contribution in [0.15, 0.2) is 108 Å². The van der Waals surface area contributed by atoms with E-state index < -0.39 is 38.2 Å². The molecule has 0 aliphatic heterocycles. The molecule has 54 heavy (non-hydrogen) atoms. The molecule has 3 heterocycles. The van der Waals surface area contributed by atoms with Gasteiger partial charge in [0.05, 0.1) is 5.58 Å². The van der Waals surface area contributed by atoms with Gasteiger partial charge in [-0.2, -0.15) is 0 Å². The van der Waals surface area contributed by atoms with Gasteiger partial charge in [0.2, 0.25) is 0 Å². The van der Waals surface area contributed by atoms with Gasteiger partial charge in [-0.1, -0.05) is 107 Å². The molecule has 0 unspecified atom stereocenters. The van der Waals surface area contributed by atoms with Crippen molar-refractivity contribution in [3.05, 3.63) is 143 Å². The average Bonchev–Trinajstić information content (AvgIpc) is 3.62. The number of benzene rings is 4. The quantitative estimate of drug-likeness (QED) is 0.162. The molecule has 7 aromatic rings. The number of aryl methyl sites for hydroxylation is 3. The summed E-state index contributed by atoms with van der Waals surface area (Å²) in [5, 5.41) is 1.82. The predicted molar refractivity (Wildman–Crippen MR) is 222 cm³/mol. The van der Waals surface area contributed by atoms with Gasteiger partial charge in [0.1, 0.15) is 5.58 Å². The van der Waals surface area contributed by atoms with E-state index in [0.29, 0.717) is 63.2 Å². The molecule has 4 heteroatoms. The van der Waals surface area contributed by atoms with Crippen LogP contribution < -0.4 is 0 Å². The molecule has 0 N–H and O–H groups in total. The third-order valence-corrected chi connectivity index (χ3v) is 9.80. The Morgan fingerprint density at radius 3 is 2.33 bits per heavy atom. The Balaban J connectivity index is 0.000000255. The SMILES string of the molecule is [2H]C([2H])([2H])c1c[c-]c(-c2ccc(C([2H])([2H])C(C)(C)C)cn2)cc1.[2H]C([2H])([2H])c1cnc(-c2[c-]ccc3c2oc2ccccc23)cc1-c1ccc(C2([2H])CCC(C)(C)CC2)cc1C([2H])([2H])[2H].[Ir]. The zero-order chi connectivity index (χ0) is 47.5. The first-order valence-corrected chi connectivity index (χ1v) is 18.1. The van der Waals surface area contributed by atoms with Crippen LogP contribution in [0.2, 0.25) is 0 Å². The molecular formula is C50H52IrN2O-2. The molecular weight excluding hydrogens is 837 g/mol. The van der Waals surface area contributed by atoms with Crippen molar-refractivity contribution in [1.82, 2.24) is 9.97 Å². The average molecular weight is 901 g/mol. The summed E-state index contributed by atoms with van der Waals surface area (Å²) in [6, 6.07) is 32.3. The number of rotatable bonds is 5. The number of pyridine rings is 2. The fraction of sp³-hybridized carbons (Fsp3) is 0.320. The molecule has 4 aromatic carbocycles. The van der Waals surface area contributed by atoms with E-state index in [1.54, 1.807) is 54.6 Å². The van der Waals surface area contributed by atoms with Crippen LogP contribution in [0.5, 0.6) is 0 Å². The van der Waals surface area contributed by atoms with Crippen molar-refractivity contribution in [2.24, 2.45) is 10.8 Å². The molecule has 0 bridgehead atoms. The monoisotopic (exact) mass is 901 g/mol. The van der Waals surface area contributed by atoms with Crippen LogP contribution in [-0.4, -0.2) is 9.97 Å². The van der Waals surface area contributed by atoms with Gasteiger partial charge in [-0.3, -0.25) is 0 Å². The Labute approximate surface area is 352 Å². The molecule has 1 radical (unpaired) electrons. The topological polar surface area (TPSA) is 38.9 Å². The number of para-hydroxylation sites is 1. The fourth-order valence-electron chi connectivity index (χ4n) is 6.86. The van der Waals surface area contributed by atoms with Crippen LogP contribution >= 0.6 is 0 Å². The molecule has 0 spiro atoms. The predicted octanol–water partition coefficient (Wildman–Crippen LogP) is 13.9. The van der Waals surface area contributed by atoms with Gasteiger partial charge in [0, 0.05) is 54.3 Å². The molecule has 1 saturated carbocycles. The Morgan fingerprint density at radius 1 is 0.833 bits per heavy atom. The van der Waals surface area contributed by atoms with Crippen LogP contribution in [0, 0.1) is 43.5 Å². The molecule has 0 atom stereocenters. The van der Waals surface area contributed by atoms with Crippen LogP contribution in [0.25, 0.3) is 55.6 Å². The third-order valence-electron chi connectivity index (χ3n) is 9.80. The summed E-state index contributed by atoms with van der Waals surface area (Å²) >= 11 is 0. The minimum atomic E-state index is -2.54. The second-order valence-corrected chi connectivity index (χ2v) is 15.6. The van der Waals surface area contributed by atoms with Gasteiger partial charge in [-0.05, 0) is 113 Å². The second-order valence-electron chi connectivity index (χ2n) is 15.6. The normalized spacial score (nSPS) is 19.2. The molecule has 1 aliphatic carbocycles. The second kappa shape index (κ2) is 16.2. The number of aromatic nitrogens is 2. The van der Waals surface area contributed by atoms with Crippen molar-refractivity contribution >= 4 is 21.9 Å². The van der Waals surface area contributed by atoms with Crippen molar-refractivity contribution in [2.45, 2.75) is 93.1 Å². The number of nitrogens with zero attached hydrogens (tertiary/aromatic N) is 2. The van der Waals surface area contributed by atoms with Crippen LogP contribution in [0.4, 0.5) is 0 Å². The van der Waals surface area contributed by atoms with Gasteiger partial charge in [0.25, 0.3) is 0 Å². The van der Waals surface area contributed by atoms with E-state index in [2.05, 4.69) is 35.9 Å². The minimum absolute atomic E-state index is 0. The molecule has 3 aromatic heterocycles. The van der Waals surface area contributed by atoms with Crippen molar-refractivity contribution < 1.29 is 41.0 Å². The Hall–Kier alpha value is -4.37. The molecule has 1 aliphatic rings. The first kappa shape index (κ1) is 26.4. The number of fused-ring (bicyclic) bond motifs is 3. The Bertz CT molecular complexity index is 2830. The van der Waals surface area contributed by atoms with Crippen molar-refractivity contribution in [3.63, 3.8) is 0 Å². The Kier molecular flexibility index (Phi) is 7.91. The van der Waals surface area contributed by atoms with E-state index in [4.69, 9.17) is 19.5 Å². The molecule has 3 nitrogen and oxygen atoms in total. The van der Waals surface area contributed by atoms with E-state index in [0.717, 1.165) is 23.6 Å². The summed E-state index contributed by atoms with van der Waals surface area (Å²) in [5.74, 6) is -0.893. The van der Waals surface area contributed by atoms with Gasteiger partial charge < -0.3 is 14.4 Å². The van der Waals surface area contributed by atoms with E-state index in [9.17, 15) is 1.37 Å². The first-order valence-electron chi connectivity index (χ1n) is 24.1. The maximum atomic E-state index is 9.23. The van der Waals surface area contributed by atoms with E-state index in [-0.39, 0.29) is 47.8 Å². The van der Waals surface area contributed by atoms with E-state index in [1.165, 1.54) is 18.5 Å². The first-order chi connectivity index (χ1) is 30.1. The van der Waals surface area contributed by atoms with Gasteiger partial charge in [-0.15, -0.1) is 53.6 Å². The van der Waals surface area contributed by atoms with Crippen molar-refractivity contribution in [3.8, 4) is 33.6 Å². The number of hydrogen-bond donors (Lipinski definition) is 0. The summed E-state index contributed by atoms with van der Waals surface area (Å²) < 4.78 is 104. The Morgan fingerprint density at radius 2 is 1.63 bits per heavy atom. The molecule has 279 valence electrons. The van der Waals surface area contributed by atoms with Gasteiger partial charge in [0.15, 0.2) is 0 Å². The van der Waals surface area contributed by atoms with Crippen molar-refractivity contribution in [1.29, 1.82) is 0 Å². The van der Waals surface area contributed by atoms with Crippen LogP contribution in [0.1, 0.15) is 110 Å². The van der Waals surface area contributed by atoms with Gasteiger partial charge >= 0.3 is 0 Å². The zero-order valence-electron chi connectivity index (χ0n) is 43.3. The fourth-order valence-corrected chi connectivity index (χ4v) is 6.86. The smallest absolute Gasteiger partial charge is 0.120 e. The number of hydrogen-bond acceptors (Lipinski definition) is 3. The maximum absolute atomic E-state index is 9.23. The number of furan rings is 1. The summed E-state index contributed by atoms with van der Waals surface area (Å²) in [6.07, 6.45) is 4.37. The molecule has 8 rings (SSSR count). The van der Waals surface area contributed by atoms with Crippen LogP contribution in [0.3, 0.4) is 0 Å². The van der Waals surface area contributed by atoms with E-state index in [1.807, 2.05) is 51.1 Å². The molecule has 0 saturated heterocycles. The van der Waals surface area contributed by atoms with Crippen LogP contribution in [-0.2, 0) is 26.5 Å². The van der Waals surface area contributed by atoms with Gasteiger partial charge in [-0.25, -0.2) is 0 Å². The molecule has 0 amide bonds. The summed E-state index contributed by atoms with van der Waals surface area (Å²) in [7, 11) is 0. The van der Waals surface area contributed by atoms with Crippen molar-refractivity contribution in [2.75, 3.05) is 0 Å². The molecule has 1 fully saturated rings. The van der Waals surface area contributed by atoms with E-state index >= 15 is 0 Å². The summed E-state index contributed by atoms with van der Waals surface area (Å²) in [5.41, 5.74) is 5.16.